The first-order chi connectivity index (χ1) is 13.6. The van der Waals surface area contributed by atoms with Crippen molar-refractivity contribution in [2.75, 3.05) is 13.1 Å². The van der Waals surface area contributed by atoms with Gasteiger partial charge in [-0.05, 0) is 42.5 Å². The number of aliphatic hydroxyl groups excluding tert-OH is 1. The zero-order chi connectivity index (χ0) is 21.6. The molecule has 1 fully saturated rings. The van der Waals surface area contributed by atoms with Crippen molar-refractivity contribution < 1.29 is 27.9 Å². The third kappa shape index (κ3) is 6.46. The molecule has 2 atom stereocenters. The quantitative estimate of drug-likeness (QED) is 0.751. The fourth-order valence-corrected chi connectivity index (χ4v) is 3.35. The van der Waals surface area contributed by atoms with Crippen molar-refractivity contribution in [1.29, 1.82) is 5.26 Å². The lowest BCUT2D eigenvalue weighted by molar-refractivity contribution is -0.143. The molecular weight excluding hydrogens is 387 g/mol. The van der Waals surface area contributed by atoms with Crippen LogP contribution in [-0.4, -0.2) is 47.2 Å². The second-order valence-electron chi connectivity index (χ2n) is 7.15. The average molecular weight is 411 g/mol. The van der Waals surface area contributed by atoms with Gasteiger partial charge in [-0.25, -0.2) is 0 Å². The lowest BCUT2D eigenvalue weighted by atomic mass is 9.96. The number of carbonyl (C=O) groups is 2. The van der Waals surface area contributed by atoms with E-state index in [-0.39, 0.29) is 36.5 Å². The number of likely N-dealkylation sites (tertiary alicyclic amines) is 1. The van der Waals surface area contributed by atoms with Crippen LogP contribution in [0, 0.1) is 17.2 Å². The largest absolute Gasteiger partial charge is 0.393 e. The molecule has 9 heteroatoms. The Labute approximate surface area is 167 Å². The van der Waals surface area contributed by atoms with Crippen molar-refractivity contribution >= 4 is 11.8 Å². The number of nitrogens with one attached hydrogen (secondary N) is 1. The van der Waals surface area contributed by atoms with Gasteiger partial charge < -0.3 is 15.3 Å². The van der Waals surface area contributed by atoms with E-state index < -0.39 is 30.5 Å². The normalized spacial score (nSPS) is 18.1. The molecule has 29 heavy (non-hydrogen) atoms. The number of rotatable bonds is 6. The first kappa shape index (κ1) is 22.7. The summed E-state index contributed by atoms with van der Waals surface area (Å²) >= 11 is 0. The number of aliphatic hydroxyl groups is 1. The first-order valence-electron chi connectivity index (χ1n) is 9.47. The van der Waals surface area contributed by atoms with Crippen LogP contribution in [0.2, 0.25) is 0 Å². The zero-order valence-corrected chi connectivity index (χ0v) is 16.1. The Morgan fingerprint density at radius 1 is 1.38 bits per heavy atom. The molecule has 0 bridgehead atoms. The number of amides is 2. The molecule has 1 heterocycles. The number of nitrogens with zero attached hydrogens (tertiary/aromatic N) is 2. The molecule has 1 saturated heterocycles. The highest BCUT2D eigenvalue weighted by Crippen LogP contribution is 2.25. The van der Waals surface area contributed by atoms with Gasteiger partial charge in [-0.1, -0.05) is 13.0 Å². The van der Waals surface area contributed by atoms with Gasteiger partial charge in [0.15, 0.2) is 0 Å². The molecule has 158 valence electrons. The van der Waals surface area contributed by atoms with Crippen LogP contribution in [0.15, 0.2) is 18.2 Å². The van der Waals surface area contributed by atoms with E-state index in [4.69, 9.17) is 5.26 Å². The summed E-state index contributed by atoms with van der Waals surface area (Å²) in [5.41, 5.74) is 0.360. The summed E-state index contributed by atoms with van der Waals surface area (Å²) in [5.74, 6) is -1.25. The first-order valence-corrected chi connectivity index (χ1v) is 9.47. The van der Waals surface area contributed by atoms with Crippen molar-refractivity contribution in [1.82, 2.24) is 10.2 Å². The van der Waals surface area contributed by atoms with Crippen molar-refractivity contribution in [3.8, 4) is 6.07 Å². The predicted molar refractivity (Wildman–Crippen MR) is 98.4 cm³/mol. The molecule has 0 radical (unpaired) electrons. The van der Waals surface area contributed by atoms with Crippen LogP contribution >= 0.6 is 0 Å². The Morgan fingerprint density at radius 3 is 2.72 bits per heavy atom. The maximum absolute atomic E-state index is 12.8. The maximum Gasteiger partial charge on any atom is 0.393 e. The molecule has 0 aliphatic carbocycles. The molecule has 6 nitrogen and oxygen atoms in total. The number of piperidine rings is 1. The number of halogens is 3. The van der Waals surface area contributed by atoms with Gasteiger partial charge >= 0.3 is 6.18 Å². The number of hydrogen-bond acceptors (Lipinski definition) is 4. The van der Waals surface area contributed by atoms with Gasteiger partial charge in [-0.2, -0.15) is 18.4 Å². The smallest absolute Gasteiger partial charge is 0.383 e. The Morgan fingerprint density at radius 2 is 2.10 bits per heavy atom. The standard InChI is InChI=1S/C20H24F3N3O3/c1-2-17(27)19(29)26-7-3-4-15(12-26)18(28)25-11-14-6-5-13(10-24)8-16(14)9-20(21,22)23/h5-6,8,15,17,27H,2-4,7,9,11-12H2,1H3,(H,25,28)/t15-,17?/m1/s1. The maximum atomic E-state index is 12.8. The van der Waals surface area contributed by atoms with E-state index >= 15 is 0 Å². The minimum atomic E-state index is -4.43. The molecule has 2 N–H and O–H groups in total. The van der Waals surface area contributed by atoms with Crippen LogP contribution in [0.3, 0.4) is 0 Å². The number of benzene rings is 1. The van der Waals surface area contributed by atoms with E-state index in [0.29, 0.717) is 24.9 Å². The third-order valence-corrected chi connectivity index (χ3v) is 4.95. The molecule has 1 aromatic carbocycles. The highest BCUT2D eigenvalue weighted by Gasteiger charge is 2.31. The molecule has 1 aromatic rings. The Hall–Kier alpha value is -2.60. The van der Waals surface area contributed by atoms with E-state index in [2.05, 4.69) is 5.32 Å². The molecule has 0 aromatic heterocycles. The van der Waals surface area contributed by atoms with Gasteiger partial charge in [0, 0.05) is 19.6 Å². The number of nitriles is 1. The molecule has 0 saturated carbocycles. The minimum absolute atomic E-state index is 0.0524. The summed E-state index contributed by atoms with van der Waals surface area (Å²) in [7, 11) is 0. The fourth-order valence-electron chi connectivity index (χ4n) is 3.35. The average Bonchev–Trinajstić information content (AvgIpc) is 2.70. The van der Waals surface area contributed by atoms with Crippen LogP contribution in [0.25, 0.3) is 0 Å². The van der Waals surface area contributed by atoms with E-state index in [1.54, 1.807) is 6.92 Å². The number of hydrogen-bond donors (Lipinski definition) is 2. The van der Waals surface area contributed by atoms with Gasteiger partial charge in [0.1, 0.15) is 6.10 Å². The lowest BCUT2D eigenvalue weighted by Gasteiger charge is -2.33. The lowest BCUT2D eigenvalue weighted by Crippen LogP contribution is -2.48. The summed E-state index contributed by atoms with van der Waals surface area (Å²) < 4.78 is 38.5. The topological polar surface area (TPSA) is 93.4 Å². The Kier molecular flexibility index (Phi) is 7.62. The fraction of sp³-hybridized carbons (Fsp3) is 0.550. The highest BCUT2D eigenvalue weighted by molar-refractivity contribution is 5.83. The SMILES string of the molecule is CCC(O)C(=O)N1CCC[C@@H](C(=O)NCc2ccc(C#N)cc2CC(F)(F)F)C1. The van der Waals surface area contributed by atoms with Crippen molar-refractivity contribution in [3.63, 3.8) is 0 Å². The summed E-state index contributed by atoms with van der Waals surface area (Å²) in [4.78, 5) is 26.1. The number of carbonyl (C=O) groups excluding carboxylic acids is 2. The molecule has 1 aliphatic rings. The molecule has 1 aliphatic heterocycles. The van der Waals surface area contributed by atoms with Crippen molar-refractivity contribution in [2.45, 2.75) is 51.4 Å². The summed E-state index contributed by atoms with van der Waals surface area (Å²) in [5, 5.41) is 21.3. The second-order valence-corrected chi connectivity index (χ2v) is 7.15. The summed E-state index contributed by atoms with van der Waals surface area (Å²) in [6.07, 6.45) is -5.27. The van der Waals surface area contributed by atoms with Gasteiger partial charge in [-0.15, -0.1) is 0 Å². The van der Waals surface area contributed by atoms with Crippen molar-refractivity contribution in [3.05, 3.63) is 34.9 Å². The molecule has 0 spiro atoms. The van der Waals surface area contributed by atoms with Gasteiger partial charge in [-0.3, -0.25) is 9.59 Å². The predicted octanol–water partition coefficient (Wildman–Crippen LogP) is 2.29. The van der Waals surface area contributed by atoms with Crippen LogP contribution < -0.4 is 5.32 Å². The molecule has 2 amide bonds. The monoisotopic (exact) mass is 411 g/mol. The zero-order valence-electron chi connectivity index (χ0n) is 16.1. The Bertz CT molecular complexity index is 789. The van der Waals surface area contributed by atoms with Gasteiger partial charge in [0.25, 0.3) is 5.91 Å². The molecule has 1 unspecified atom stereocenters. The highest BCUT2D eigenvalue weighted by atomic mass is 19.4. The Balaban J connectivity index is 2.03. The minimum Gasteiger partial charge on any atom is -0.383 e. The van der Waals surface area contributed by atoms with E-state index in [9.17, 15) is 27.9 Å². The van der Waals surface area contributed by atoms with Crippen LogP contribution in [0.1, 0.15) is 42.9 Å². The van der Waals surface area contributed by atoms with Crippen LogP contribution in [0.4, 0.5) is 13.2 Å². The summed E-state index contributed by atoms with van der Waals surface area (Å²) in [6.45, 7) is 2.22. The third-order valence-electron chi connectivity index (χ3n) is 4.95. The van der Waals surface area contributed by atoms with Crippen molar-refractivity contribution in [2.24, 2.45) is 5.92 Å². The van der Waals surface area contributed by atoms with Crippen LogP contribution in [-0.2, 0) is 22.6 Å². The number of alkyl halides is 3. The van der Waals surface area contributed by atoms with Gasteiger partial charge in [0.05, 0.1) is 24.0 Å². The summed E-state index contributed by atoms with van der Waals surface area (Å²) in [6, 6.07) is 5.82. The van der Waals surface area contributed by atoms with Gasteiger partial charge in [0.2, 0.25) is 5.91 Å². The van der Waals surface area contributed by atoms with E-state index in [1.165, 1.54) is 23.1 Å². The van der Waals surface area contributed by atoms with E-state index in [0.717, 1.165) is 0 Å². The second kappa shape index (κ2) is 9.74. The van der Waals surface area contributed by atoms with Crippen LogP contribution in [0.5, 0.6) is 0 Å². The van der Waals surface area contributed by atoms with E-state index in [1.807, 2.05) is 6.07 Å². The molecule has 2 rings (SSSR count). The molecular formula is C20H24F3N3O3.